The van der Waals surface area contributed by atoms with Crippen molar-refractivity contribution in [2.45, 2.75) is 19.8 Å². The molecular weight excluding hydrogens is 188 g/mol. The van der Waals surface area contributed by atoms with Gasteiger partial charge in [-0.3, -0.25) is 0 Å². The maximum absolute atomic E-state index is 5.61. The lowest BCUT2D eigenvalue weighted by Gasteiger charge is -2.01. The van der Waals surface area contributed by atoms with Crippen LogP contribution in [0.4, 0.5) is 5.82 Å². The zero-order valence-electron chi connectivity index (χ0n) is 8.88. The van der Waals surface area contributed by atoms with Crippen molar-refractivity contribution in [3.63, 3.8) is 0 Å². The van der Waals surface area contributed by atoms with Crippen LogP contribution in [0.25, 0.3) is 5.82 Å². The second-order valence-corrected chi connectivity index (χ2v) is 3.79. The molecule has 4 nitrogen and oxygen atoms in total. The summed E-state index contributed by atoms with van der Waals surface area (Å²) < 4.78 is 1.74. The Morgan fingerprint density at radius 1 is 1.33 bits per heavy atom. The van der Waals surface area contributed by atoms with Gasteiger partial charge in [-0.15, -0.1) is 0 Å². The molecule has 0 spiro atoms. The third-order valence-corrected chi connectivity index (χ3v) is 2.26. The monoisotopic (exact) mass is 202 g/mol. The molecule has 0 radical (unpaired) electrons. The van der Waals surface area contributed by atoms with Crippen LogP contribution in [-0.4, -0.2) is 14.8 Å². The molecule has 2 aromatic rings. The van der Waals surface area contributed by atoms with E-state index in [1.807, 2.05) is 24.5 Å². The predicted octanol–water partition coefficient (Wildman–Crippen LogP) is 1.97. The van der Waals surface area contributed by atoms with E-state index in [-0.39, 0.29) is 0 Å². The summed E-state index contributed by atoms with van der Waals surface area (Å²) in [6.45, 7) is 4.27. The molecule has 2 heterocycles. The topological polar surface area (TPSA) is 56.7 Å². The fourth-order valence-corrected chi connectivity index (χ4v) is 1.33. The third kappa shape index (κ3) is 1.98. The van der Waals surface area contributed by atoms with Gasteiger partial charge >= 0.3 is 0 Å². The van der Waals surface area contributed by atoms with Crippen molar-refractivity contribution in [2.75, 3.05) is 5.73 Å². The van der Waals surface area contributed by atoms with Gasteiger partial charge < -0.3 is 5.73 Å². The molecule has 2 rings (SSSR count). The molecule has 0 atom stereocenters. The molecule has 0 saturated carbocycles. The van der Waals surface area contributed by atoms with Crippen LogP contribution < -0.4 is 5.73 Å². The van der Waals surface area contributed by atoms with Crippen molar-refractivity contribution in [1.82, 2.24) is 14.8 Å². The van der Waals surface area contributed by atoms with Crippen LogP contribution in [0.5, 0.6) is 0 Å². The molecule has 0 aliphatic heterocycles. The van der Waals surface area contributed by atoms with Crippen LogP contribution in [0.15, 0.2) is 30.6 Å². The van der Waals surface area contributed by atoms with Crippen LogP contribution in [0.2, 0.25) is 0 Å². The van der Waals surface area contributed by atoms with E-state index in [2.05, 4.69) is 23.9 Å². The predicted molar refractivity (Wildman–Crippen MR) is 59.9 cm³/mol. The molecule has 78 valence electrons. The highest BCUT2D eigenvalue weighted by molar-refractivity contribution is 5.35. The van der Waals surface area contributed by atoms with Gasteiger partial charge in [0.15, 0.2) is 5.82 Å². The number of hydrogen-bond donors (Lipinski definition) is 1. The van der Waals surface area contributed by atoms with Crippen molar-refractivity contribution in [3.05, 3.63) is 36.2 Å². The number of nitrogen functional groups attached to an aromatic ring is 1. The van der Waals surface area contributed by atoms with Gasteiger partial charge in [0.25, 0.3) is 0 Å². The van der Waals surface area contributed by atoms with Crippen LogP contribution in [0.3, 0.4) is 0 Å². The maximum Gasteiger partial charge on any atom is 0.155 e. The Hall–Kier alpha value is -1.84. The van der Waals surface area contributed by atoms with E-state index in [1.54, 1.807) is 10.7 Å². The van der Waals surface area contributed by atoms with Gasteiger partial charge in [-0.05, 0) is 23.6 Å². The molecule has 0 unspecified atom stereocenters. The first kappa shape index (κ1) is 9.71. The Balaban J connectivity index is 2.37. The summed E-state index contributed by atoms with van der Waals surface area (Å²) in [6, 6.07) is 5.51. The van der Waals surface area contributed by atoms with E-state index in [0.717, 1.165) is 5.82 Å². The first-order valence-electron chi connectivity index (χ1n) is 4.94. The number of rotatable bonds is 2. The Morgan fingerprint density at radius 2 is 2.13 bits per heavy atom. The van der Waals surface area contributed by atoms with Gasteiger partial charge in [-0.2, -0.15) is 5.10 Å². The average Bonchev–Trinajstić information content (AvgIpc) is 2.66. The summed E-state index contributed by atoms with van der Waals surface area (Å²) >= 11 is 0. The molecule has 0 amide bonds. The second-order valence-electron chi connectivity index (χ2n) is 3.79. The summed E-state index contributed by atoms with van der Waals surface area (Å²) in [5.41, 5.74) is 6.80. The van der Waals surface area contributed by atoms with Gasteiger partial charge in [0.05, 0.1) is 6.20 Å². The highest BCUT2D eigenvalue weighted by atomic mass is 15.3. The normalized spacial score (nSPS) is 10.9. The van der Waals surface area contributed by atoms with Crippen LogP contribution in [-0.2, 0) is 0 Å². The smallest absolute Gasteiger partial charge is 0.155 e. The molecule has 0 saturated heterocycles. The molecule has 0 aliphatic rings. The summed E-state index contributed by atoms with van der Waals surface area (Å²) in [7, 11) is 0. The molecule has 2 N–H and O–H groups in total. The minimum atomic E-state index is 0.472. The number of nitrogens with zero attached hydrogens (tertiary/aromatic N) is 3. The first-order chi connectivity index (χ1) is 7.16. The number of nitrogens with two attached hydrogens (primary N) is 1. The average molecular weight is 202 g/mol. The van der Waals surface area contributed by atoms with Crippen LogP contribution in [0, 0.1) is 0 Å². The van der Waals surface area contributed by atoms with Gasteiger partial charge in [-0.1, -0.05) is 19.9 Å². The van der Waals surface area contributed by atoms with Crippen molar-refractivity contribution in [3.8, 4) is 5.82 Å². The molecule has 4 heteroatoms. The van der Waals surface area contributed by atoms with Gasteiger partial charge in [0.2, 0.25) is 0 Å². The van der Waals surface area contributed by atoms with Crippen molar-refractivity contribution >= 4 is 5.82 Å². The summed E-state index contributed by atoms with van der Waals surface area (Å²) in [4.78, 5) is 4.19. The van der Waals surface area contributed by atoms with Crippen LogP contribution in [0.1, 0.15) is 25.3 Å². The van der Waals surface area contributed by atoms with E-state index < -0.39 is 0 Å². The van der Waals surface area contributed by atoms with Crippen molar-refractivity contribution in [1.29, 1.82) is 0 Å². The van der Waals surface area contributed by atoms with Crippen molar-refractivity contribution < 1.29 is 0 Å². The zero-order valence-corrected chi connectivity index (χ0v) is 8.88. The minimum Gasteiger partial charge on any atom is -0.384 e. The van der Waals surface area contributed by atoms with E-state index in [0.29, 0.717) is 11.7 Å². The lowest BCUT2D eigenvalue weighted by molar-refractivity contribution is 0.840. The summed E-state index contributed by atoms with van der Waals surface area (Å²) in [5, 5.41) is 4.25. The van der Waals surface area contributed by atoms with E-state index >= 15 is 0 Å². The van der Waals surface area contributed by atoms with E-state index in [4.69, 9.17) is 5.73 Å². The molecule has 0 fully saturated rings. The Bertz CT molecular complexity index is 459. The van der Waals surface area contributed by atoms with E-state index in [9.17, 15) is 0 Å². The number of hydrogen-bond acceptors (Lipinski definition) is 3. The lowest BCUT2D eigenvalue weighted by Crippen LogP contribution is -2.00. The Morgan fingerprint density at radius 3 is 2.73 bits per heavy atom. The molecule has 15 heavy (non-hydrogen) atoms. The lowest BCUT2D eigenvalue weighted by atomic mass is 10.1. The maximum atomic E-state index is 5.61. The minimum absolute atomic E-state index is 0.472. The Kier molecular flexibility index (Phi) is 2.41. The molecular formula is C11H14N4. The fourth-order valence-electron chi connectivity index (χ4n) is 1.33. The Labute approximate surface area is 88.8 Å². The highest BCUT2D eigenvalue weighted by Gasteiger charge is 2.04. The van der Waals surface area contributed by atoms with Gasteiger partial charge in [-0.25, -0.2) is 9.67 Å². The summed E-state index contributed by atoms with van der Waals surface area (Å²) in [5.74, 6) is 1.73. The fraction of sp³-hybridized carbons (Fsp3) is 0.273. The largest absolute Gasteiger partial charge is 0.384 e. The number of pyridine rings is 1. The van der Waals surface area contributed by atoms with Gasteiger partial charge in [0, 0.05) is 6.20 Å². The quantitative estimate of drug-likeness (QED) is 0.810. The number of aromatic nitrogens is 3. The first-order valence-corrected chi connectivity index (χ1v) is 4.94. The highest BCUT2D eigenvalue weighted by Crippen LogP contribution is 2.14. The molecule has 2 aromatic heterocycles. The molecule has 0 bridgehead atoms. The molecule has 0 aromatic carbocycles. The van der Waals surface area contributed by atoms with Gasteiger partial charge in [0.1, 0.15) is 5.82 Å². The van der Waals surface area contributed by atoms with E-state index in [1.165, 1.54) is 5.56 Å². The van der Waals surface area contributed by atoms with Crippen molar-refractivity contribution in [2.24, 2.45) is 0 Å². The number of anilines is 1. The zero-order chi connectivity index (χ0) is 10.8. The molecule has 0 aliphatic carbocycles. The second kappa shape index (κ2) is 3.73. The van der Waals surface area contributed by atoms with Crippen LogP contribution >= 0.6 is 0 Å². The standard InChI is InChI=1S/C11H14N4/c1-8(2)9-6-13-15(7-9)11-5-3-4-10(12)14-11/h3-8H,1-2H3,(H2,12,14). The SMILES string of the molecule is CC(C)c1cnn(-c2cccc(N)n2)c1. The summed E-state index contributed by atoms with van der Waals surface area (Å²) in [6.07, 6.45) is 3.84. The third-order valence-electron chi connectivity index (χ3n) is 2.26.